The minimum atomic E-state index is 0.788. The average molecular weight is 281 g/mol. The zero-order chi connectivity index (χ0) is 13.8. The first-order valence-electron chi connectivity index (χ1n) is 7.59. The Morgan fingerprint density at radius 3 is 2.53 bits per heavy atom. The maximum absolute atomic E-state index is 4.91. The van der Waals surface area contributed by atoms with Crippen molar-refractivity contribution in [1.29, 1.82) is 0 Å². The van der Waals surface area contributed by atoms with Crippen LogP contribution in [-0.4, -0.2) is 24.6 Å². The summed E-state index contributed by atoms with van der Waals surface area (Å²) < 4.78 is 0. The first-order chi connectivity index (χ1) is 9.15. The van der Waals surface area contributed by atoms with Crippen LogP contribution >= 0.6 is 11.3 Å². The Kier molecular flexibility index (Phi) is 5.22. The predicted octanol–water partition coefficient (Wildman–Crippen LogP) is 3.30. The molecule has 0 spiro atoms. The van der Waals surface area contributed by atoms with Gasteiger partial charge in [0.1, 0.15) is 0 Å². The summed E-state index contributed by atoms with van der Waals surface area (Å²) in [6, 6.07) is 0. The molecular weight excluding hydrogens is 254 g/mol. The van der Waals surface area contributed by atoms with Crippen molar-refractivity contribution < 1.29 is 0 Å². The molecular formula is C15H27N3S. The molecule has 1 fully saturated rings. The Bertz CT molecular complexity index is 392. The highest BCUT2D eigenvalue weighted by atomic mass is 32.1. The van der Waals surface area contributed by atoms with Gasteiger partial charge in [0.2, 0.25) is 0 Å². The molecule has 0 aliphatic carbocycles. The molecule has 0 saturated carbocycles. The van der Waals surface area contributed by atoms with Gasteiger partial charge >= 0.3 is 0 Å². The van der Waals surface area contributed by atoms with E-state index in [0.717, 1.165) is 31.3 Å². The molecule has 0 bridgehead atoms. The van der Waals surface area contributed by atoms with E-state index in [4.69, 9.17) is 4.98 Å². The van der Waals surface area contributed by atoms with Crippen LogP contribution < -0.4 is 10.2 Å². The molecule has 1 saturated heterocycles. The number of aryl methyl sites for hydroxylation is 1. The van der Waals surface area contributed by atoms with Gasteiger partial charge in [0.05, 0.1) is 5.69 Å². The molecule has 2 rings (SSSR count). The van der Waals surface area contributed by atoms with Gasteiger partial charge in [-0.15, -0.1) is 11.3 Å². The number of thiazole rings is 1. The van der Waals surface area contributed by atoms with Gasteiger partial charge in [-0.05, 0) is 24.8 Å². The molecule has 4 heteroatoms. The van der Waals surface area contributed by atoms with Crippen LogP contribution in [0.2, 0.25) is 0 Å². The zero-order valence-corrected chi connectivity index (χ0v) is 13.5. The van der Waals surface area contributed by atoms with Crippen LogP contribution in [0.25, 0.3) is 0 Å². The fourth-order valence-electron chi connectivity index (χ4n) is 2.60. The summed E-state index contributed by atoms with van der Waals surface area (Å²) in [5.41, 5.74) is 1.32. The topological polar surface area (TPSA) is 28.2 Å². The van der Waals surface area contributed by atoms with Crippen molar-refractivity contribution in [3.8, 4) is 0 Å². The van der Waals surface area contributed by atoms with E-state index in [-0.39, 0.29) is 0 Å². The van der Waals surface area contributed by atoms with Crippen LogP contribution in [0.15, 0.2) is 0 Å². The molecule has 19 heavy (non-hydrogen) atoms. The minimum absolute atomic E-state index is 0.788. The molecule has 2 unspecified atom stereocenters. The van der Waals surface area contributed by atoms with Gasteiger partial charge in [-0.25, -0.2) is 4.98 Å². The smallest absolute Gasteiger partial charge is 0.185 e. The van der Waals surface area contributed by atoms with E-state index in [1.54, 1.807) is 0 Å². The first-order valence-corrected chi connectivity index (χ1v) is 8.41. The number of nitrogens with one attached hydrogen (secondary N) is 1. The fourth-order valence-corrected chi connectivity index (χ4v) is 3.69. The number of rotatable bonds is 6. The molecule has 2 heterocycles. The third kappa shape index (κ3) is 3.48. The Labute approximate surface area is 121 Å². The van der Waals surface area contributed by atoms with E-state index in [2.05, 4.69) is 37.9 Å². The standard InChI is InChI=1S/C15H27N3S/c1-5-7-13-14(8-16-6-2)19-15(17-13)18-9-11(3)12(4)10-18/h11-12,16H,5-10H2,1-4H3. The third-order valence-electron chi connectivity index (χ3n) is 4.05. The van der Waals surface area contributed by atoms with E-state index in [0.29, 0.717) is 0 Å². The quantitative estimate of drug-likeness (QED) is 0.867. The van der Waals surface area contributed by atoms with E-state index in [9.17, 15) is 0 Å². The van der Waals surface area contributed by atoms with Crippen molar-refractivity contribution in [1.82, 2.24) is 10.3 Å². The van der Waals surface area contributed by atoms with Gasteiger partial charge in [0.25, 0.3) is 0 Å². The normalized spacial score (nSPS) is 23.3. The van der Waals surface area contributed by atoms with Gasteiger partial charge in [-0.1, -0.05) is 34.1 Å². The second-order valence-electron chi connectivity index (χ2n) is 5.76. The molecule has 2 atom stereocenters. The van der Waals surface area contributed by atoms with Gasteiger partial charge in [0.15, 0.2) is 5.13 Å². The highest BCUT2D eigenvalue weighted by Crippen LogP contribution is 2.33. The molecule has 1 aromatic heterocycles. The molecule has 0 radical (unpaired) electrons. The van der Waals surface area contributed by atoms with Crippen molar-refractivity contribution in [2.45, 2.75) is 47.1 Å². The van der Waals surface area contributed by atoms with Crippen molar-refractivity contribution in [2.24, 2.45) is 11.8 Å². The Morgan fingerprint density at radius 2 is 1.95 bits per heavy atom. The lowest BCUT2D eigenvalue weighted by molar-refractivity contribution is 0.494. The van der Waals surface area contributed by atoms with Gasteiger partial charge in [-0.3, -0.25) is 0 Å². The summed E-state index contributed by atoms with van der Waals surface area (Å²) in [5, 5.41) is 4.68. The molecule has 1 aromatic rings. The maximum Gasteiger partial charge on any atom is 0.185 e. The van der Waals surface area contributed by atoms with Crippen LogP contribution in [0.3, 0.4) is 0 Å². The van der Waals surface area contributed by atoms with E-state index < -0.39 is 0 Å². The molecule has 1 N–H and O–H groups in total. The number of anilines is 1. The number of hydrogen-bond donors (Lipinski definition) is 1. The summed E-state index contributed by atoms with van der Waals surface area (Å²) in [6.45, 7) is 13.4. The minimum Gasteiger partial charge on any atom is -0.348 e. The van der Waals surface area contributed by atoms with Gasteiger partial charge in [-0.2, -0.15) is 0 Å². The maximum atomic E-state index is 4.91. The van der Waals surface area contributed by atoms with Crippen molar-refractivity contribution in [3.05, 3.63) is 10.6 Å². The summed E-state index contributed by atoms with van der Waals surface area (Å²) in [7, 11) is 0. The summed E-state index contributed by atoms with van der Waals surface area (Å²) in [5.74, 6) is 1.58. The summed E-state index contributed by atoms with van der Waals surface area (Å²) >= 11 is 1.89. The molecule has 0 aromatic carbocycles. The Morgan fingerprint density at radius 1 is 1.26 bits per heavy atom. The third-order valence-corrected chi connectivity index (χ3v) is 5.21. The molecule has 3 nitrogen and oxygen atoms in total. The lowest BCUT2D eigenvalue weighted by Gasteiger charge is -2.13. The predicted molar refractivity (Wildman–Crippen MR) is 84.0 cm³/mol. The van der Waals surface area contributed by atoms with Crippen LogP contribution in [-0.2, 0) is 13.0 Å². The SMILES string of the molecule is CCCc1nc(N2CC(C)C(C)C2)sc1CNCC. The van der Waals surface area contributed by atoms with Gasteiger partial charge in [0, 0.05) is 24.5 Å². The lowest BCUT2D eigenvalue weighted by atomic mass is 10.0. The Hall–Kier alpha value is -0.610. The van der Waals surface area contributed by atoms with Crippen molar-refractivity contribution >= 4 is 16.5 Å². The second-order valence-corrected chi connectivity index (χ2v) is 6.82. The number of nitrogens with zero attached hydrogens (tertiary/aromatic N) is 2. The summed E-state index contributed by atoms with van der Waals surface area (Å²) in [6.07, 6.45) is 2.28. The van der Waals surface area contributed by atoms with E-state index in [1.165, 1.54) is 35.2 Å². The highest BCUT2D eigenvalue weighted by Gasteiger charge is 2.28. The molecule has 0 amide bonds. The summed E-state index contributed by atoms with van der Waals surface area (Å²) in [4.78, 5) is 8.82. The van der Waals surface area contributed by atoms with Crippen LogP contribution in [0.5, 0.6) is 0 Å². The Balaban J connectivity index is 2.12. The van der Waals surface area contributed by atoms with E-state index in [1.807, 2.05) is 11.3 Å². The zero-order valence-electron chi connectivity index (χ0n) is 12.7. The molecule has 108 valence electrons. The van der Waals surface area contributed by atoms with Crippen LogP contribution in [0.1, 0.15) is 44.7 Å². The van der Waals surface area contributed by atoms with Crippen LogP contribution in [0.4, 0.5) is 5.13 Å². The largest absolute Gasteiger partial charge is 0.348 e. The highest BCUT2D eigenvalue weighted by molar-refractivity contribution is 7.15. The first kappa shape index (κ1) is 14.8. The second kappa shape index (κ2) is 6.71. The van der Waals surface area contributed by atoms with Crippen molar-refractivity contribution in [2.75, 3.05) is 24.5 Å². The van der Waals surface area contributed by atoms with Gasteiger partial charge < -0.3 is 10.2 Å². The molecule has 1 aliphatic heterocycles. The van der Waals surface area contributed by atoms with Crippen LogP contribution in [0, 0.1) is 11.8 Å². The molecule has 1 aliphatic rings. The number of hydrogen-bond acceptors (Lipinski definition) is 4. The van der Waals surface area contributed by atoms with E-state index >= 15 is 0 Å². The lowest BCUT2D eigenvalue weighted by Crippen LogP contribution is -2.19. The fraction of sp³-hybridized carbons (Fsp3) is 0.800. The number of aromatic nitrogens is 1. The monoisotopic (exact) mass is 281 g/mol. The van der Waals surface area contributed by atoms with Crippen molar-refractivity contribution in [3.63, 3.8) is 0 Å². The average Bonchev–Trinajstić information content (AvgIpc) is 2.93.